The molecule has 0 bridgehead atoms. The summed E-state index contributed by atoms with van der Waals surface area (Å²) in [6.45, 7) is 3.30. The number of rotatable bonds is 6. The van der Waals surface area contributed by atoms with E-state index in [0.29, 0.717) is 5.69 Å². The zero-order valence-electron chi connectivity index (χ0n) is 12.1. The van der Waals surface area contributed by atoms with Crippen molar-refractivity contribution in [3.63, 3.8) is 0 Å². The molecule has 1 rings (SSSR count). The van der Waals surface area contributed by atoms with Crippen LogP contribution in [0.5, 0.6) is 0 Å². The van der Waals surface area contributed by atoms with Crippen LogP contribution in [0.25, 0.3) is 0 Å². The third-order valence-corrected chi connectivity index (χ3v) is 3.08. The molecule has 0 radical (unpaired) electrons. The molecule has 0 aliphatic rings. The third kappa shape index (κ3) is 3.96. The second-order valence-electron chi connectivity index (χ2n) is 5.04. The molecule has 6 heteroatoms. The Morgan fingerprint density at radius 1 is 1.30 bits per heavy atom. The predicted molar refractivity (Wildman–Crippen MR) is 76.6 cm³/mol. The number of primary amides is 1. The van der Waals surface area contributed by atoms with E-state index >= 15 is 0 Å². The highest BCUT2D eigenvalue weighted by Crippen LogP contribution is 2.18. The zero-order valence-corrected chi connectivity index (χ0v) is 12.1. The quantitative estimate of drug-likeness (QED) is 0.741. The average Bonchev–Trinajstić information content (AvgIpc) is 2.39. The van der Waals surface area contributed by atoms with Gasteiger partial charge in [0.1, 0.15) is 5.60 Å². The molecule has 110 valence electrons. The van der Waals surface area contributed by atoms with E-state index in [0.717, 1.165) is 5.56 Å². The molecule has 0 unspecified atom stereocenters. The van der Waals surface area contributed by atoms with Crippen molar-refractivity contribution < 1.29 is 14.3 Å². The lowest BCUT2D eigenvalue weighted by atomic mass is 10.1. The molecular weight excluding hydrogens is 258 g/mol. The largest absolute Gasteiger partial charge is 0.398 e. The second kappa shape index (κ2) is 6.38. The first-order valence-electron chi connectivity index (χ1n) is 6.24. The van der Waals surface area contributed by atoms with Gasteiger partial charge in [-0.15, -0.1) is 0 Å². The molecule has 0 saturated carbocycles. The molecule has 0 spiro atoms. The van der Waals surface area contributed by atoms with Gasteiger partial charge in [0.05, 0.1) is 6.54 Å². The van der Waals surface area contributed by atoms with Crippen LogP contribution in [0.4, 0.5) is 5.69 Å². The maximum absolute atomic E-state index is 12.4. The normalized spacial score (nSPS) is 11.2. The van der Waals surface area contributed by atoms with Crippen LogP contribution >= 0.6 is 0 Å². The molecule has 0 aliphatic heterocycles. The monoisotopic (exact) mass is 279 g/mol. The van der Waals surface area contributed by atoms with E-state index in [1.54, 1.807) is 32.0 Å². The lowest BCUT2D eigenvalue weighted by Gasteiger charge is -2.30. The van der Waals surface area contributed by atoms with Gasteiger partial charge in [0, 0.05) is 19.3 Å². The Balaban J connectivity index is 2.99. The topological polar surface area (TPSA) is 98.6 Å². The Labute approximate surface area is 118 Å². The van der Waals surface area contributed by atoms with Crippen molar-refractivity contribution in [1.82, 2.24) is 4.90 Å². The Hall–Kier alpha value is -2.08. The number of hydrogen-bond donors (Lipinski definition) is 2. The van der Waals surface area contributed by atoms with Crippen molar-refractivity contribution in [3.8, 4) is 0 Å². The number of ether oxygens (including phenoxy) is 1. The first kappa shape index (κ1) is 16.0. The number of carbonyl (C=O) groups excluding carboxylic acids is 2. The molecule has 1 aromatic carbocycles. The van der Waals surface area contributed by atoms with Gasteiger partial charge in [-0.1, -0.05) is 18.2 Å². The van der Waals surface area contributed by atoms with Crippen LogP contribution in [-0.2, 0) is 20.9 Å². The summed E-state index contributed by atoms with van der Waals surface area (Å²) in [7, 11) is 1.44. The standard InChI is InChI=1S/C14H21N3O3/c1-14(2,20-3)13(19)17(9-12(16)18)8-10-6-4-5-7-11(10)15/h4-7H,8-9,15H2,1-3H3,(H2,16,18). The Bertz CT molecular complexity index is 500. The fourth-order valence-corrected chi connectivity index (χ4v) is 1.74. The maximum atomic E-state index is 12.4. The molecule has 0 aromatic heterocycles. The van der Waals surface area contributed by atoms with Crippen LogP contribution < -0.4 is 11.5 Å². The molecule has 2 amide bonds. The molecule has 0 heterocycles. The van der Waals surface area contributed by atoms with Crippen LogP contribution in [-0.4, -0.2) is 36.0 Å². The van der Waals surface area contributed by atoms with Crippen molar-refractivity contribution in [1.29, 1.82) is 0 Å². The van der Waals surface area contributed by atoms with Gasteiger partial charge in [-0.2, -0.15) is 0 Å². The number of nitrogens with two attached hydrogens (primary N) is 2. The second-order valence-corrected chi connectivity index (χ2v) is 5.04. The molecule has 1 aromatic rings. The molecule has 4 N–H and O–H groups in total. The van der Waals surface area contributed by atoms with E-state index in [1.807, 2.05) is 6.07 Å². The number of nitrogen functional groups attached to an aromatic ring is 1. The minimum absolute atomic E-state index is 0.181. The van der Waals surface area contributed by atoms with E-state index in [4.69, 9.17) is 16.2 Å². The van der Waals surface area contributed by atoms with Crippen LogP contribution in [0.2, 0.25) is 0 Å². The van der Waals surface area contributed by atoms with Crippen LogP contribution in [0.15, 0.2) is 24.3 Å². The van der Waals surface area contributed by atoms with Crippen molar-refractivity contribution >= 4 is 17.5 Å². The SMILES string of the molecule is COC(C)(C)C(=O)N(CC(N)=O)Cc1ccccc1N. The van der Waals surface area contributed by atoms with Gasteiger partial charge in [-0.3, -0.25) is 9.59 Å². The summed E-state index contributed by atoms with van der Waals surface area (Å²) < 4.78 is 5.16. The van der Waals surface area contributed by atoms with E-state index in [-0.39, 0.29) is 19.0 Å². The minimum Gasteiger partial charge on any atom is -0.398 e. The number of nitrogens with zero attached hydrogens (tertiary/aromatic N) is 1. The highest BCUT2D eigenvalue weighted by molar-refractivity contribution is 5.88. The van der Waals surface area contributed by atoms with E-state index in [9.17, 15) is 9.59 Å². The first-order valence-corrected chi connectivity index (χ1v) is 6.24. The summed E-state index contributed by atoms with van der Waals surface area (Å²) in [5, 5.41) is 0. The smallest absolute Gasteiger partial charge is 0.254 e. The number of carbonyl (C=O) groups is 2. The van der Waals surface area contributed by atoms with Crippen molar-refractivity contribution in [2.24, 2.45) is 5.73 Å². The number of amides is 2. The van der Waals surface area contributed by atoms with Gasteiger partial charge in [0.15, 0.2) is 0 Å². The van der Waals surface area contributed by atoms with E-state index in [1.165, 1.54) is 12.0 Å². The Morgan fingerprint density at radius 3 is 2.40 bits per heavy atom. The van der Waals surface area contributed by atoms with E-state index in [2.05, 4.69) is 0 Å². The Morgan fingerprint density at radius 2 is 1.90 bits per heavy atom. The fourth-order valence-electron chi connectivity index (χ4n) is 1.74. The lowest BCUT2D eigenvalue weighted by molar-refractivity contribution is -0.153. The summed E-state index contributed by atoms with van der Waals surface area (Å²) >= 11 is 0. The van der Waals surface area contributed by atoms with Crippen molar-refractivity contribution in [3.05, 3.63) is 29.8 Å². The first-order chi connectivity index (χ1) is 9.27. The summed E-state index contributed by atoms with van der Waals surface area (Å²) in [5.41, 5.74) is 11.3. The molecule has 0 aliphatic carbocycles. The van der Waals surface area contributed by atoms with Gasteiger partial charge in [0.25, 0.3) is 5.91 Å². The number of anilines is 1. The predicted octanol–water partition coefficient (Wildman–Crippen LogP) is 0.508. The highest BCUT2D eigenvalue weighted by atomic mass is 16.5. The van der Waals surface area contributed by atoms with Crippen LogP contribution in [0.3, 0.4) is 0 Å². The lowest BCUT2D eigenvalue weighted by Crippen LogP contribution is -2.48. The average molecular weight is 279 g/mol. The van der Waals surface area contributed by atoms with Crippen LogP contribution in [0, 0.1) is 0 Å². The van der Waals surface area contributed by atoms with Crippen molar-refractivity contribution in [2.75, 3.05) is 19.4 Å². The van der Waals surface area contributed by atoms with Crippen LogP contribution in [0.1, 0.15) is 19.4 Å². The summed E-state index contributed by atoms with van der Waals surface area (Å²) in [5.74, 6) is -0.901. The molecule has 0 fully saturated rings. The van der Waals surface area contributed by atoms with Crippen molar-refractivity contribution in [2.45, 2.75) is 26.0 Å². The van der Waals surface area contributed by atoms with Gasteiger partial charge in [-0.25, -0.2) is 0 Å². The molecule has 0 saturated heterocycles. The molecule has 0 atom stereocenters. The number of methoxy groups -OCH3 is 1. The summed E-state index contributed by atoms with van der Waals surface area (Å²) in [4.78, 5) is 24.9. The van der Waals surface area contributed by atoms with Gasteiger partial charge in [0.2, 0.25) is 5.91 Å². The summed E-state index contributed by atoms with van der Waals surface area (Å²) in [6, 6.07) is 7.17. The maximum Gasteiger partial charge on any atom is 0.254 e. The number of benzene rings is 1. The minimum atomic E-state index is -1.03. The highest BCUT2D eigenvalue weighted by Gasteiger charge is 2.32. The van der Waals surface area contributed by atoms with E-state index < -0.39 is 11.5 Å². The van der Waals surface area contributed by atoms with Gasteiger partial charge >= 0.3 is 0 Å². The number of para-hydroxylation sites is 1. The molecule has 6 nitrogen and oxygen atoms in total. The van der Waals surface area contributed by atoms with Gasteiger partial charge in [-0.05, 0) is 25.5 Å². The summed E-state index contributed by atoms with van der Waals surface area (Å²) in [6.07, 6.45) is 0. The third-order valence-electron chi connectivity index (χ3n) is 3.08. The number of hydrogen-bond acceptors (Lipinski definition) is 4. The molecule has 20 heavy (non-hydrogen) atoms. The fraction of sp³-hybridized carbons (Fsp3) is 0.429. The Kier molecular flexibility index (Phi) is 5.10. The van der Waals surface area contributed by atoms with Gasteiger partial charge < -0.3 is 21.1 Å². The zero-order chi connectivity index (χ0) is 15.3. The molecular formula is C14H21N3O3.